The third kappa shape index (κ3) is 7.67. The summed E-state index contributed by atoms with van der Waals surface area (Å²) in [6, 6.07) is 5.95. The van der Waals surface area contributed by atoms with E-state index >= 15 is 0 Å². The number of nitrogens with two attached hydrogens (primary N) is 1. The molecule has 1 aromatic rings. The molecule has 21 heavy (non-hydrogen) atoms. The van der Waals surface area contributed by atoms with Gasteiger partial charge in [0.15, 0.2) is 5.96 Å². The predicted octanol–water partition coefficient (Wildman–Crippen LogP) is 1.09. The molecule has 0 fully saturated rings. The van der Waals surface area contributed by atoms with Crippen molar-refractivity contribution in [3.8, 4) is 0 Å². The van der Waals surface area contributed by atoms with E-state index in [1.807, 2.05) is 32.0 Å². The molecule has 0 bridgehead atoms. The molecule has 6 nitrogen and oxygen atoms in total. The number of nitrogens with one attached hydrogen (secondary N) is 1. The van der Waals surface area contributed by atoms with Crippen LogP contribution in [0.3, 0.4) is 0 Å². The zero-order valence-corrected chi connectivity index (χ0v) is 13.5. The van der Waals surface area contributed by atoms with Crippen molar-refractivity contribution in [2.45, 2.75) is 13.8 Å². The molecule has 0 spiro atoms. The molecule has 1 aromatic carbocycles. The summed E-state index contributed by atoms with van der Waals surface area (Å²) in [5, 5.41) is 3.00. The highest BCUT2D eigenvalue weighted by molar-refractivity contribution is 7.90. The minimum Gasteiger partial charge on any atom is -0.378 e. The summed E-state index contributed by atoms with van der Waals surface area (Å²) in [7, 11) is -2.97. The molecule has 0 aliphatic heterocycles. The van der Waals surface area contributed by atoms with Crippen LogP contribution in [0.2, 0.25) is 0 Å². The van der Waals surface area contributed by atoms with Crippen molar-refractivity contribution in [2.75, 3.05) is 37.1 Å². The third-order valence-corrected chi connectivity index (χ3v) is 3.80. The average molecular weight is 313 g/mol. The minimum absolute atomic E-state index is 0.0209. The molecule has 0 amide bonds. The van der Waals surface area contributed by atoms with Gasteiger partial charge in [-0.05, 0) is 37.1 Å². The first-order chi connectivity index (χ1) is 9.78. The number of aryl methyl sites for hydroxylation is 2. The molecule has 0 aromatic heterocycles. The van der Waals surface area contributed by atoms with E-state index in [-0.39, 0.29) is 12.4 Å². The maximum Gasteiger partial charge on any atom is 0.193 e. The molecular weight excluding hydrogens is 290 g/mol. The van der Waals surface area contributed by atoms with Gasteiger partial charge in [0, 0.05) is 11.9 Å². The van der Waals surface area contributed by atoms with Crippen LogP contribution >= 0.6 is 0 Å². The molecule has 118 valence electrons. The lowest BCUT2D eigenvalue weighted by Crippen LogP contribution is -2.23. The Kier molecular flexibility index (Phi) is 6.64. The van der Waals surface area contributed by atoms with Gasteiger partial charge in [-0.3, -0.25) is 4.99 Å². The maximum absolute atomic E-state index is 10.9. The molecule has 1 rings (SSSR count). The Hall–Kier alpha value is -1.60. The van der Waals surface area contributed by atoms with Crippen LogP contribution in [0.1, 0.15) is 11.1 Å². The number of nitrogens with zero attached hydrogens (tertiary/aromatic N) is 1. The smallest absolute Gasteiger partial charge is 0.193 e. The molecule has 0 radical (unpaired) electrons. The second kappa shape index (κ2) is 7.99. The number of hydrogen-bond acceptors (Lipinski definition) is 4. The Morgan fingerprint density at radius 2 is 2.00 bits per heavy atom. The van der Waals surface area contributed by atoms with Crippen LogP contribution in [0.4, 0.5) is 5.69 Å². The standard InChI is InChI=1S/C14H23N3O3S/c1-11-4-5-13(10-12(11)2)17-14(15)16-6-7-20-8-9-21(3,18)19/h4-5,10H,6-9H2,1-3H3,(H3,15,16,17). The second-order valence-electron chi connectivity index (χ2n) is 4.93. The van der Waals surface area contributed by atoms with Crippen molar-refractivity contribution >= 4 is 21.5 Å². The molecule has 7 heteroatoms. The number of ether oxygens (including phenoxy) is 1. The fourth-order valence-corrected chi connectivity index (χ4v) is 1.97. The number of rotatable bonds is 7. The van der Waals surface area contributed by atoms with Gasteiger partial charge in [0.25, 0.3) is 0 Å². The zero-order valence-electron chi connectivity index (χ0n) is 12.7. The lowest BCUT2D eigenvalue weighted by Gasteiger charge is -2.08. The van der Waals surface area contributed by atoms with Crippen molar-refractivity contribution in [1.29, 1.82) is 0 Å². The maximum atomic E-state index is 10.9. The molecule has 3 N–H and O–H groups in total. The minimum atomic E-state index is -2.97. The van der Waals surface area contributed by atoms with Crippen LogP contribution in [0, 0.1) is 13.8 Å². The summed E-state index contributed by atoms with van der Waals surface area (Å²) >= 11 is 0. The first kappa shape index (κ1) is 17.5. The lowest BCUT2D eigenvalue weighted by atomic mass is 10.1. The van der Waals surface area contributed by atoms with Crippen molar-refractivity contribution in [3.05, 3.63) is 29.3 Å². The molecule has 0 atom stereocenters. The van der Waals surface area contributed by atoms with Crippen LogP contribution in [0.25, 0.3) is 0 Å². The van der Waals surface area contributed by atoms with Gasteiger partial charge in [0.2, 0.25) is 0 Å². The summed E-state index contributed by atoms with van der Waals surface area (Å²) in [6.07, 6.45) is 1.18. The first-order valence-electron chi connectivity index (χ1n) is 6.67. The Labute approximate surface area is 126 Å². The van der Waals surface area contributed by atoms with E-state index in [0.717, 1.165) is 5.69 Å². The number of aliphatic imine (C=N–C) groups is 1. The van der Waals surface area contributed by atoms with E-state index in [2.05, 4.69) is 10.3 Å². The lowest BCUT2D eigenvalue weighted by molar-refractivity contribution is 0.157. The van der Waals surface area contributed by atoms with Gasteiger partial charge in [-0.15, -0.1) is 0 Å². The van der Waals surface area contributed by atoms with Gasteiger partial charge < -0.3 is 15.8 Å². The molecule has 0 unspecified atom stereocenters. The molecule has 0 saturated heterocycles. The monoisotopic (exact) mass is 313 g/mol. The number of hydrogen-bond donors (Lipinski definition) is 2. The normalized spacial score (nSPS) is 12.4. The quantitative estimate of drug-likeness (QED) is 0.446. The predicted molar refractivity (Wildman–Crippen MR) is 86.6 cm³/mol. The van der Waals surface area contributed by atoms with Crippen molar-refractivity contribution < 1.29 is 13.2 Å². The van der Waals surface area contributed by atoms with Crippen molar-refractivity contribution in [2.24, 2.45) is 10.7 Å². The SMILES string of the molecule is Cc1ccc(NC(N)=NCCOCCS(C)(=O)=O)cc1C. The van der Waals surface area contributed by atoms with Crippen LogP contribution in [-0.4, -0.2) is 46.1 Å². The highest BCUT2D eigenvalue weighted by Crippen LogP contribution is 2.13. The summed E-state index contributed by atoms with van der Waals surface area (Å²) in [6.45, 7) is 4.98. The van der Waals surface area contributed by atoms with Gasteiger partial charge in [0.05, 0.1) is 25.5 Å². The molecule has 0 aliphatic rings. The summed E-state index contributed by atoms with van der Waals surface area (Å²) in [5.41, 5.74) is 9.05. The van der Waals surface area contributed by atoms with Gasteiger partial charge in [-0.1, -0.05) is 6.07 Å². The highest BCUT2D eigenvalue weighted by Gasteiger charge is 2.01. The van der Waals surface area contributed by atoms with Crippen LogP contribution in [0.5, 0.6) is 0 Å². The van der Waals surface area contributed by atoms with E-state index in [4.69, 9.17) is 10.5 Å². The fourth-order valence-electron chi connectivity index (χ4n) is 1.55. The van der Waals surface area contributed by atoms with Gasteiger partial charge in [0.1, 0.15) is 9.84 Å². The zero-order chi connectivity index (χ0) is 15.9. The van der Waals surface area contributed by atoms with Gasteiger partial charge in [-0.25, -0.2) is 8.42 Å². The number of anilines is 1. The summed E-state index contributed by atoms with van der Waals surface area (Å²) in [5.74, 6) is 0.331. The van der Waals surface area contributed by atoms with E-state index < -0.39 is 9.84 Å². The summed E-state index contributed by atoms with van der Waals surface area (Å²) < 4.78 is 27.0. The first-order valence-corrected chi connectivity index (χ1v) is 8.73. The average Bonchev–Trinajstić information content (AvgIpc) is 2.37. The Morgan fingerprint density at radius 1 is 1.29 bits per heavy atom. The molecular formula is C14H23N3O3S. The van der Waals surface area contributed by atoms with E-state index in [1.54, 1.807) is 0 Å². The van der Waals surface area contributed by atoms with E-state index in [9.17, 15) is 8.42 Å². The van der Waals surface area contributed by atoms with Gasteiger partial charge >= 0.3 is 0 Å². The number of guanidine groups is 1. The third-order valence-electron chi connectivity index (χ3n) is 2.90. The van der Waals surface area contributed by atoms with Crippen molar-refractivity contribution in [3.63, 3.8) is 0 Å². The molecule has 0 saturated carbocycles. The van der Waals surface area contributed by atoms with Crippen LogP contribution in [-0.2, 0) is 14.6 Å². The summed E-state index contributed by atoms with van der Waals surface area (Å²) in [4.78, 5) is 4.11. The van der Waals surface area contributed by atoms with Crippen LogP contribution in [0.15, 0.2) is 23.2 Å². The Morgan fingerprint density at radius 3 is 2.62 bits per heavy atom. The van der Waals surface area contributed by atoms with Gasteiger partial charge in [-0.2, -0.15) is 0 Å². The second-order valence-corrected chi connectivity index (χ2v) is 7.19. The molecule has 0 heterocycles. The fraction of sp³-hybridized carbons (Fsp3) is 0.500. The largest absolute Gasteiger partial charge is 0.378 e. The van der Waals surface area contributed by atoms with E-state index in [1.165, 1.54) is 17.4 Å². The van der Waals surface area contributed by atoms with E-state index in [0.29, 0.717) is 19.1 Å². The number of benzene rings is 1. The number of sulfone groups is 1. The Bertz CT molecular complexity index is 597. The van der Waals surface area contributed by atoms with Crippen molar-refractivity contribution in [1.82, 2.24) is 0 Å². The van der Waals surface area contributed by atoms with Crippen LogP contribution < -0.4 is 11.1 Å². The topological polar surface area (TPSA) is 93.8 Å². The Balaban J connectivity index is 2.31. The highest BCUT2D eigenvalue weighted by atomic mass is 32.2. The molecule has 0 aliphatic carbocycles.